The molecule has 0 saturated carbocycles. The molecule has 0 radical (unpaired) electrons. The lowest BCUT2D eigenvalue weighted by Gasteiger charge is -2.21. The van der Waals surface area contributed by atoms with Gasteiger partial charge in [0, 0.05) is 6.26 Å². The third-order valence-corrected chi connectivity index (χ3v) is 3.65. The van der Waals surface area contributed by atoms with Gasteiger partial charge in [-0.3, -0.25) is 0 Å². The Bertz CT molecular complexity index is 500. The number of halogens is 1. The van der Waals surface area contributed by atoms with Gasteiger partial charge in [-0.05, 0) is 36.1 Å². The van der Waals surface area contributed by atoms with Crippen LogP contribution in [0.2, 0.25) is 0 Å². The van der Waals surface area contributed by atoms with Crippen LogP contribution in [0.25, 0.3) is 0 Å². The molecule has 1 atom stereocenters. The number of ether oxygens (including phenoxy) is 1. The topological polar surface area (TPSA) is 43.4 Å². The molecule has 1 aromatic rings. The first kappa shape index (κ1) is 16.0. The highest BCUT2D eigenvalue weighted by atomic mass is 32.2. The summed E-state index contributed by atoms with van der Waals surface area (Å²) in [7, 11) is -3.20. The van der Waals surface area contributed by atoms with Gasteiger partial charge in [-0.2, -0.15) is 0 Å². The second-order valence-corrected chi connectivity index (χ2v) is 7.93. The van der Waals surface area contributed by atoms with Crippen LogP contribution in [0.4, 0.5) is 4.39 Å². The summed E-state index contributed by atoms with van der Waals surface area (Å²) in [5.74, 6) is 0.476. The monoisotopic (exact) mass is 288 g/mol. The van der Waals surface area contributed by atoms with Crippen LogP contribution in [0.3, 0.4) is 0 Å². The smallest absolute Gasteiger partial charge is 0.175 e. The molecule has 0 bridgehead atoms. The van der Waals surface area contributed by atoms with Crippen LogP contribution in [0, 0.1) is 5.41 Å². The summed E-state index contributed by atoms with van der Waals surface area (Å²) in [6.45, 7) is 5.90. The molecule has 0 fully saturated rings. The van der Waals surface area contributed by atoms with E-state index in [2.05, 4.69) is 0 Å². The second kappa shape index (κ2) is 5.90. The average molecular weight is 288 g/mol. The number of hydrogen-bond donors (Lipinski definition) is 0. The van der Waals surface area contributed by atoms with Crippen molar-refractivity contribution in [2.45, 2.75) is 38.3 Å². The van der Waals surface area contributed by atoms with Crippen LogP contribution in [0.15, 0.2) is 29.2 Å². The van der Waals surface area contributed by atoms with E-state index in [0.29, 0.717) is 12.2 Å². The molecule has 108 valence electrons. The zero-order valence-corrected chi connectivity index (χ0v) is 12.6. The Kier molecular flexibility index (Phi) is 4.96. The van der Waals surface area contributed by atoms with Gasteiger partial charge < -0.3 is 4.74 Å². The maximum absolute atomic E-state index is 13.6. The minimum Gasteiger partial charge on any atom is -0.491 e. The highest BCUT2D eigenvalue weighted by Gasteiger charge is 2.18. The largest absolute Gasteiger partial charge is 0.491 e. The second-order valence-electron chi connectivity index (χ2n) is 5.92. The molecule has 1 aromatic carbocycles. The van der Waals surface area contributed by atoms with E-state index >= 15 is 0 Å². The molecule has 0 N–H and O–H groups in total. The van der Waals surface area contributed by atoms with Gasteiger partial charge in [0.15, 0.2) is 9.84 Å². The fraction of sp³-hybridized carbons (Fsp3) is 0.571. The van der Waals surface area contributed by atoms with Crippen molar-refractivity contribution in [3.05, 3.63) is 24.3 Å². The van der Waals surface area contributed by atoms with E-state index in [1.54, 1.807) is 12.1 Å². The first-order chi connectivity index (χ1) is 8.58. The number of alkyl halides is 1. The molecular weight excluding hydrogens is 267 g/mol. The highest BCUT2D eigenvalue weighted by molar-refractivity contribution is 7.90. The van der Waals surface area contributed by atoms with Crippen molar-refractivity contribution in [1.29, 1.82) is 0 Å². The van der Waals surface area contributed by atoms with E-state index < -0.39 is 16.0 Å². The van der Waals surface area contributed by atoms with Crippen LogP contribution in [0.5, 0.6) is 5.75 Å². The third-order valence-electron chi connectivity index (χ3n) is 2.52. The molecule has 0 unspecified atom stereocenters. The van der Waals surface area contributed by atoms with Gasteiger partial charge in [-0.15, -0.1) is 0 Å². The Morgan fingerprint density at radius 1 is 1.21 bits per heavy atom. The van der Waals surface area contributed by atoms with Crippen molar-refractivity contribution < 1.29 is 17.5 Å². The van der Waals surface area contributed by atoms with Crippen LogP contribution < -0.4 is 4.74 Å². The minimum atomic E-state index is -3.20. The van der Waals surface area contributed by atoms with Crippen molar-refractivity contribution in [1.82, 2.24) is 0 Å². The maximum Gasteiger partial charge on any atom is 0.175 e. The molecule has 0 heterocycles. The lowest BCUT2D eigenvalue weighted by molar-refractivity contribution is 0.148. The van der Waals surface area contributed by atoms with Gasteiger partial charge in [-0.1, -0.05) is 20.8 Å². The van der Waals surface area contributed by atoms with E-state index in [1.807, 2.05) is 20.8 Å². The molecule has 0 spiro atoms. The predicted octanol–water partition coefficient (Wildman–Crippen LogP) is 3.24. The fourth-order valence-electron chi connectivity index (χ4n) is 1.69. The fourth-order valence-corrected chi connectivity index (χ4v) is 2.32. The number of rotatable bonds is 5. The predicted molar refractivity (Wildman–Crippen MR) is 74.0 cm³/mol. The van der Waals surface area contributed by atoms with Gasteiger partial charge in [-0.25, -0.2) is 12.8 Å². The number of benzene rings is 1. The minimum absolute atomic E-state index is 0.0184. The Morgan fingerprint density at radius 3 is 2.16 bits per heavy atom. The van der Waals surface area contributed by atoms with Crippen molar-refractivity contribution in [3.8, 4) is 5.75 Å². The van der Waals surface area contributed by atoms with Crippen molar-refractivity contribution in [2.75, 3.05) is 12.9 Å². The summed E-state index contributed by atoms with van der Waals surface area (Å²) in [6, 6.07) is 6.00. The molecule has 0 aliphatic heterocycles. The first-order valence-electron chi connectivity index (χ1n) is 6.15. The SMILES string of the molecule is CC(C)(C)C[C@@H](F)COc1ccc(S(C)(=O)=O)cc1. The van der Waals surface area contributed by atoms with Gasteiger partial charge in [0.2, 0.25) is 0 Å². The van der Waals surface area contributed by atoms with Gasteiger partial charge in [0.1, 0.15) is 18.5 Å². The van der Waals surface area contributed by atoms with Crippen molar-refractivity contribution in [2.24, 2.45) is 5.41 Å². The standard InChI is InChI=1S/C14H21FO3S/c1-14(2,3)9-11(15)10-18-12-5-7-13(8-6-12)19(4,16)17/h5-8,11H,9-10H2,1-4H3/t11-/m1/s1. The van der Waals surface area contributed by atoms with E-state index in [0.717, 1.165) is 6.26 Å². The summed E-state index contributed by atoms with van der Waals surface area (Å²) < 4.78 is 41.5. The van der Waals surface area contributed by atoms with E-state index in [1.165, 1.54) is 12.1 Å². The molecule has 0 aromatic heterocycles. The van der Waals surface area contributed by atoms with E-state index in [-0.39, 0.29) is 16.9 Å². The lowest BCUT2D eigenvalue weighted by Crippen LogP contribution is -2.20. The van der Waals surface area contributed by atoms with Crippen LogP contribution in [0.1, 0.15) is 27.2 Å². The molecular formula is C14H21FO3S. The number of hydrogen-bond acceptors (Lipinski definition) is 3. The molecule has 3 nitrogen and oxygen atoms in total. The Balaban J connectivity index is 2.55. The summed E-state index contributed by atoms with van der Waals surface area (Å²) in [4.78, 5) is 0.228. The Labute approximate surface area is 114 Å². The molecule has 0 saturated heterocycles. The molecule has 1 rings (SSSR count). The van der Waals surface area contributed by atoms with Crippen LogP contribution in [-0.4, -0.2) is 27.5 Å². The molecule has 19 heavy (non-hydrogen) atoms. The van der Waals surface area contributed by atoms with E-state index in [9.17, 15) is 12.8 Å². The average Bonchev–Trinajstić information content (AvgIpc) is 2.23. The quantitative estimate of drug-likeness (QED) is 0.835. The molecule has 0 amide bonds. The van der Waals surface area contributed by atoms with E-state index in [4.69, 9.17) is 4.74 Å². The summed E-state index contributed by atoms with van der Waals surface area (Å²) in [5.41, 5.74) is -0.0804. The summed E-state index contributed by atoms with van der Waals surface area (Å²) in [6.07, 6.45) is 0.535. The van der Waals surface area contributed by atoms with Crippen molar-refractivity contribution >= 4 is 9.84 Å². The first-order valence-corrected chi connectivity index (χ1v) is 8.04. The van der Waals surface area contributed by atoms with Gasteiger partial charge >= 0.3 is 0 Å². The van der Waals surface area contributed by atoms with Crippen molar-refractivity contribution in [3.63, 3.8) is 0 Å². The normalized spacial score (nSPS) is 14.2. The lowest BCUT2D eigenvalue weighted by atomic mass is 9.90. The highest BCUT2D eigenvalue weighted by Crippen LogP contribution is 2.23. The zero-order valence-electron chi connectivity index (χ0n) is 11.8. The Hall–Kier alpha value is -1.10. The third kappa shape index (κ3) is 6.05. The van der Waals surface area contributed by atoms with Crippen LogP contribution >= 0.6 is 0 Å². The molecule has 5 heteroatoms. The van der Waals surface area contributed by atoms with Crippen LogP contribution in [-0.2, 0) is 9.84 Å². The molecule has 0 aliphatic rings. The zero-order chi connectivity index (χ0) is 14.7. The summed E-state index contributed by atoms with van der Waals surface area (Å²) >= 11 is 0. The maximum atomic E-state index is 13.6. The summed E-state index contributed by atoms with van der Waals surface area (Å²) in [5, 5.41) is 0. The number of sulfone groups is 1. The molecule has 0 aliphatic carbocycles. The Morgan fingerprint density at radius 2 is 1.74 bits per heavy atom. The van der Waals surface area contributed by atoms with Gasteiger partial charge in [0.05, 0.1) is 4.90 Å². The van der Waals surface area contributed by atoms with Gasteiger partial charge in [0.25, 0.3) is 0 Å².